The minimum absolute atomic E-state index is 0. The van der Waals surface area contributed by atoms with Crippen molar-refractivity contribution in [1.82, 2.24) is 5.43 Å². The van der Waals surface area contributed by atoms with E-state index in [-0.39, 0.29) is 28.3 Å². The first-order chi connectivity index (χ1) is 7.41. The van der Waals surface area contributed by atoms with Gasteiger partial charge in [-0.15, -0.1) is 0 Å². The average Bonchev–Trinajstić information content (AvgIpc) is 2.12. The van der Waals surface area contributed by atoms with Gasteiger partial charge in [0.1, 0.15) is 17.1 Å². The van der Waals surface area contributed by atoms with E-state index in [9.17, 15) is 14.7 Å². The van der Waals surface area contributed by atoms with E-state index in [0.717, 1.165) is 0 Å². The first-order valence-corrected chi connectivity index (χ1v) is 4.35. The summed E-state index contributed by atoms with van der Waals surface area (Å²) < 4.78 is 4.78. The number of nitrogens with zero attached hydrogens (tertiary/aromatic N) is 1. The van der Waals surface area contributed by atoms with E-state index in [4.69, 9.17) is 10.2 Å². The molecule has 0 aliphatic rings. The summed E-state index contributed by atoms with van der Waals surface area (Å²) in [7, 11) is 0. The zero-order valence-electron chi connectivity index (χ0n) is 9.27. The number of primary amides is 1. The maximum atomic E-state index is 11.4. The standard InChI is InChI=1S/C9H11N3O4.H2O/c1-4-3-6(13)7(8(14)16-4)5(2)11-12-9(10)15;/h3,13H,1-2H3,(H3,10,12,15);1H2/b11-5+;. The van der Waals surface area contributed by atoms with Crippen molar-refractivity contribution in [2.75, 3.05) is 0 Å². The van der Waals surface area contributed by atoms with E-state index < -0.39 is 11.7 Å². The van der Waals surface area contributed by atoms with Gasteiger partial charge >= 0.3 is 11.7 Å². The number of nitrogens with two attached hydrogens (primary N) is 1. The highest BCUT2D eigenvalue weighted by molar-refractivity contribution is 6.00. The SMILES string of the molecule is C/C(=N\NC(N)=O)c1c(O)cc(C)oc1=O.O. The third-order valence-electron chi connectivity index (χ3n) is 1.75. The number of aryl methyl sites for hydroxylation is 1. The van der Waals surface area contributed by atoms with Gasteiger partial charge in [-0.2, -0.15) is 5.10 Å². The van der Waals surface area contributed by atoms with Crippen LogP contribution < -0.4 is 16.8 Å². The zero-order valence-corrected chi connectivity index (χ0v) is 9.27. The molecule has 0 unspecified atom stereocenters. The Morgan fingerprint density at radius 3 is 2.65 bits per heavy atom. The number of hydrogen-bond acceptors (Lipinski definition) is 5. The Bertz CT molecular complexity index is 506. The van der Waals surface area contributed by atoms with Crippen LogP contribution in [0.1, 0.15) is 18.2 Å². The number of hydrazone groups is 1. The Kier molecular flexibility index (Phi) is 4.88. The molecule has 1 aromatic rings. The number of aromatic hydroxyl groups is 1. The molecule has 1 aromatic heterocycles. The number of nitrogens with one attached hydrogen (secondary N) is 1. The second-order valence-electron chi connectivity index (χ2n) is 3.08. The number of carbonyl (C=O) groups is 1. The van der Waals surface area contributed by atoms with Crippen LogP contribution in [-0.4, -0.2) is 22.3 Å². The van der Waals surface area contributed by atoms with Gasteiger partial charge in [0, 0.05) is 6.07 Å². The van der Waals surface area contributed by atoms with Gasteiger partial charge in [-0.3, -0.25) is 0 Å². The first kappa shape index (κ1) is 14.6. The third kappa shape index (κ3) is 3.61. The summed E-state index contributed by atoms with van der Waals surface area (Å²) in [5.74, 6) is 0.0168. The minimum Gasteiger partial charge on any atom is -0.507 e. The van der Waals surface area contributed by atoms with Gasteiger partial charge in [0.15, 0.2) is 0 Å². The number of hydrogen-bond donors (Lipinski definition) is 3. The fraction of sp³-hybridized carbons (Fsp3) is 0.222. The molecule has 0 radical (unpaired) electrons. The Morgan fingerprint density at radius 2 is 2.18 bits per heavy atom. The molecule has 8 heteroatoms. The molecule has 8 nitrogen and oxygen atoms in total. The summed E-state index contributed by atoms with van der Waals surface area (Å²) in [5, 5.41) is 13.0. The van der Waals surface area contributed by atoms with Gasteiger partial charge in [-0.05, 0) is 13.8 Å². The van der Waals surface area contributed by atoms with Crippen molar-refractivity contribution in [2.45, 2.75) is 13.8 Å². The van der Waals surface area contributed by atoms with E-state index in [2.05, 4.69) is 5.10 Å². The van der Waals surface area contributed by atoms with Crippen LogP contribution in [0, 0.1) is 6.92 Å². The van der Waals surface area contributed by atoms with Crippen LogP contribution in [0.2, 0.25) is 0 Å². The van der Waals surface area contributed by atoms with E-state index in [1.54, 1.807) is 0 Å². The highest BCUT2D eigenvalue weighted by Gasteiger charge is 2.12. The second kappa shape index (κ2) is 5.66. The molecule has 0 saturated heterocycles. The number of urea groups is 1. The predicted molar refractivity (Wildman–Crippen MR) is 59.9 cm³/mol. The van der Waals surface area contributed by atoms with Crippen LogP contribution in [0.25, 0.3) is 0 Å². The first-order valence-electron chi connectivity index (χ1n) is 4.35. The summed E-state index contributed by atoms with van der Waals surface area (Å²) in [4.78, 5) is 21.8. The molecular formula is C9H13N3O5. The van der Waals surface area contributed by atoms with Gasteiger partial charge in [0.05, 0.1) is 5.71 Å². The monoisotopic (exact) mass is 243 g/mol. The number of carbonyl (C=O) groups excluding carboxylic acids is 1. The summed E-state index contributed by atoms with van der Waals surface area (Å²) >= 11 is 0. The van der Waals surface area contributed by atoms with Crippen molar-refractivity contribution in [2.24, 2.45) is 10.8 Å². The summed E-state index contributed by atoms with van der Waals surface area (Å²) in [6, 6.07) is 0.412. The molecular weight excluding hydrogens is 230 g/mol. The molecule has 0 aliphatic heterocycles. The molecule has 0 fully saturated rings. The maximum Gasteiger partial charge on any atom is 0.348 e. The van der Waals surface area contributed by atoms with Gasteiger partial charge in [-0.1, -0.05) is 0 Å². The molecule has 0 atom stereocenters. The van der Waals surface area contributed by atoms with Crippen LogP contribution in [0.4, 0.5) is 4.79 Å². The fourth-order valence-electron chi connectivity index (χ4n) is 1.12. The van der Waals surface area contributed by atoms with E-state index in [0.29, 0.717) is 0 Å². The topological polar surface area (TPSA) is 149 Å². The summed E-state index contributed by atoms with van der Waals surface area (Å²) in [6.07, 6.45) is 0. The van der Waals surface area contributed by atoms with Crippen molar-refractivity contribution in [3.63, 3.8) is 0 Å². The Labute approximate surface area is 96.0 Å². The van der Waals surface area contributed by atoms with E-state index >= 15 is 0 Å². The molecule has 2 amide bonds. The third-order valence-corrected chi connectivity index (χ3v) is 1.75. The predicted octanol–water partition coefficient (Wildman–Crippen LogP) is -0.779. The summed E-state index contributed by atoms with van der Waals surface area (Å²) in [5.41, 5.74) is 6.00. The lowest BCUT2D eigenvalue weighted by molar-refractivity contribution is 0.249. The Hall–Kier alpha value is -2.35. The fourth-order valence-corrected chi connectivity index (χ4v) is 1.12. The molecule has 0 saturated carbocycles. The quantitative estimate of drug-likeness (QED) is 0.461. The molecule has 0 bridgehead atoms. The van der Waals surface area contributed by atoms with E-state index in [1.165, 1.54) is 19.9 Å². The summed E-state index contributed by atoms with van der Waals surface area (Å²) in [6.45, 7) is 2.95. The highest BCUT2D eigenvalue weighted by Crippen LogP contribution is 2.14. The zero-order chi connectivity index (χ0) is 12.3. The average molecular weight is 243 g/mol. The Balaban J connectivity index is 0.00000256. The second-order valence-corrected chi connectivity index (χ2v) is 3.08. The number of amides is 2. The van der Waals surface area contributed by atoms with Gasteiger partial charge in [0.25, 0.3) is 0 Å². The van der Waals surface area contributed by atoms with Crippen LogP contribution in [-0.2, 0) is 0 Å². The van der Waals surface area contributed by atoms with Crippen LogP contribution in [0.5, 0.6) is 5.75 Å². The van der Waals surface area contributed by atoms with E-state index in [1.807, 2.05) is 5.43 Å². The van der Waals surface area contributed by atoms with Crippen LogP contribution in [0.15, 0.2) is 20.4 Å². The number of rotatable bonds is 2. The van der Waals surface area contributed by atoms with Gasteiger partial charge in [0.2, 0.25) is 0 Å². The van der Waals surface area contributed by atoms with Crippen molar-refractivity contribution >= 4 is 11.7 Å². The molecule has 94 valence electrons. The van der Waals surface area contributed by atoms with Crippen LogP contribution in [0.3, 0.4) is 0 Å². The lowest BCUT2D eigenvalue weighted by Gasteiger charge is -2.02. The molecule has 1 heterocycles. The molecule has 0 aromatic carbocycles. The van der Waals surface area contributed by atoms with Crippen molar-refractivity contribution in [3.8, 4) is 5.75 Å². The Morgan fingerprint density at radius 1 is 1.59 bits per heavy atom. The highest BCUT2D eigenvalue weighted by atomic mass is 16.4. The lowest BCUT2D eigenvalue weighted by Crippen LogP contribution is -2.26. The van der Waals surface area contributed by atoms with Crippen molar-refractivity contribution < 1.29 is 19.8 Å². The molecule has 1 rings (SSSR count). The largest absolute Gasteiger partial charge is 0.507 e. The molecule has 0 spiro atoms. The lowest BCUT2D eigenvalue weighted by atomic mass is 10.2. The van der Waals surface area contributed by atoms with Crippen molar-refractivity contribution in [3.05, 3.63) is 27.8 Å². The normalized spacial score (nSPS) is 10.6. The smallest absolute Gasteiger partial charge is 0.348 e. The maximum absolute atomic E-state index is 11.4. The van der Waals surface area contributed by atoms with Gasteiger partial charge in [-0.25, -0.2) is 15.0 Å². The van der Waals surface area contributed by atoms with Crippen LogP contribution >= 0.6 is 0 Å². The van der Waals surface area contributed by atoms with Gasteiger partial charge < -0.3 is 20.7 Å². The molecule has 0 aliphatic carbocycles. The molecule has 17 heavy (non-hydrogen) atoms. The minimum atomic E-state index is -0.865. The molecule has 6 N–H and O–H groups in total. The van der Waals surface area contributed by atoms with Crippen molar-refractivity contribution in [1.29, 1.82) is 0 Å².